The number of carbonyl (C=O) groups is 1. The number of anilines is 1. The van der Waals surface area contributed by atoms with Crippen LogP contribution in [0.4, 0.5) is 5.69 Å². The minimum atomic E-state index is 0.0759. The number of ether oxygens (including phenoxy) is 1. The Morgan fingerprint density at radius 2 is 2.08 bits per heavy atom. The van der Waals surface area contributed by atoms with Crippen LogP contribution in [0, 0.1) is 11.8 Å². The van der Waals surface area contributed by atoms with Crippen LogP contribution in [0.2, 0.25) is 0 Å². The van der Waals surface area contributed by atoms with E-state index in [1.54, 1.807) is 6.20 Å². The zero-order chi connectivity index (χ0) is 17.1. The Morgan fingerprint density at radius 1 is 1.12 bits per heavy atom. The third-order valence-corrected chi connectivity index (χ3v) is 5.21. The van der Waals surface area contributed by atoms with E-state index in [2.05, 4.69) is 15.6 Å². The van der Waals surface area contributed by atoms with Gasteiger partial charge in [-0.3, -0.25) is 9.78 Å². The number of hydrogen-bond acceptors (Lipinski definition) is 4. The highest BCUT2D eigenvalue weighted by atomic mass is 16.5. The molecule has 0 radical (unpaired) electrons. The minimum Gasteiger partial charge on any atom is -0.491 e. The van der Waals surface area contributed by atoms with Gasteiger partial charge in [0.25, 0.3) is 0 Å². The van der Waals surface area contributed by atoms with E-state index in [1.807, 2.05) is 36.5 Å². The minimum absolute atomic E-state index is 0.0759. The van der Waals surface area contributed by atoms with Crippen LogP contribution in [0.15, 0.2) is 42.7 Å². The van der Waals surface area contributed by atoms with Crippen molar-refractivity contribution in [2.75, 3.05) is 25.0 Å². The van der Waals surface area contributed by atoms with Crippen molar-refractivity contribution < 1.29 is 9.53 Å². The van der Waals surface area contributed by atoms with Crippen LogP contribution in [-0.4, -0.2) is 30.6 Å². The van der Waals surface area contributed by atoms with Gasteiger partial charge in [0.2, 0.25) is 5.91 Å². The zero-order valence-electron chi connectivity index (χ0n) is 14.2. The van der Waals surface area contributed by atoms with Crippen LogP contribution in [0.5, 0.6) is 5.75 Å². The van der Waals surface area contributed by atoms with Crippen LogP contribution in [0.25, 0.3) is 11.1 Å². The number of piperidine rings is 1. The van der Waals surface area contributed by atoms with Gasteiger partial charge >= 0.3 is 0 Å². The van der Waals surface area contributed by atoms with Gasteiger partial charge in [0.05, 0.1) is 12.3 Å². The van der Waals surface area contributed by atoms with Gasteiger partial charge in [-0.25, -0.2) is 0 Å². The summed E-state index contributed by atoms with van der Waals surface area (Å²) in [5.74, 6) is 1.76. The summed E-state index contributed by atoms with van der Waals surface area (Å²) in [6.45, 7) is 2.66. The zero-order valence-corrected chi connectivity index (χ0v) is 14.2. The molecule has 2 atom stereocenters. The SMILES string of the molecule is O=C1C[C@@H]2CCNC[C@@H]2CCOc2ccc(-c3cccnc3)cc2N1. The van der Waals surface area contributed by atoms with Gasteiger partial charge in [0, 0.05) is 24.4 Å². The molecule has 1 amide bonds. The molecule has 0 bridgehead atoms. The first-order valence-electron chi connectivity index (χ1n) is 8.97. The summed E-state index contributed by atoms with van der Waals surface area (Å²) in [6, 6.07) is 9.85. The lowest BCUT2D eigenvalue weighted by Gasteiger charge is -2.32. The summed E-state index contributed by atoms with van der Waals surface area (Å²) in [7, 11) is 0. The fourth-order valence-electron chi connectivity index (χ4n) is 3.81. The largest absolute Gasteiger partial charge is 0.491 e. The molecule has 5 nitrogen and oxygen atoms in total. The number of amides is 1. The highest BCUT2D eigenvalue weighted by molar-refractivity contribution is 5.93. The van der Waals surface area contributed by atoms with Crippen LogP contribution >= 0.6 is 0 Å². The second kappa shape index (κ2) is 7.23. The van der Waals surface area contributed by atoms with Gasteiger partial charge < -0.3 is 15.4 Å². The van der Waals surface area contributed by atoms with Crippen molar-refractivity contribution >= 4 is 11.6 Å². The molecule has 4 rings (SSSR count). The molecule has 1 aromatic heterocycles. The summed E-state index contributed by atoms with van der Waals surface area (Å²) < 4.78 is 5.99. The average molecular weight is 337 g/mol. The number of aromatic nitrogens is 1. The number of pyridine rings is 1. The van der Waals surface area contributed by atoms with Crippen LogP contribution in [0.3, 0.4) is 0 Å². The van der Waals surface area contributed by atoms with Gasteiger partial charge in [0.1, 0.15) is 5.75 Å². The molecule has 130 valence electrons. The van der Waals surface area contributed by atoms with E-state index in [4.69, 9.17) is 4.74 Å². The molecule has 0 saturated carbocycles. The Kier molecular flexibility index (Phi) is 4.65. The Hall–Kier alpha value is -2.40. The lowest BCUT2D eigenvalue weighted by Crippen LogP contribution is -2.39. The number of nitrogens with one attached hydrogen (secondary N) is 2. The first kappa shape index (κ1) is 16.1. The van der Waals surface area contributed by atoms with Gasteiger partial charge in [-0.1, -0.05) is 12.1 Å². The fraction of sp³-hybridized carbons (Fsp3) is 0.400. The van der Waals surface area contributed by atoms with Crippen LogP contribution in [0.1, 0.15) is 19.3 Å². The topological polar surface area (TPSA) is 63.2 Å². The fourth-order valence-corrected chi connectivity index (χ4v) is 3.81. The summed E-state index contributed by atoms with van der Waals surface area (Å²) in [6.07, 6.45) is 6.20. The second-order valence-corrected chi connectivity index (χ2v) is 6.86. The Labute approximate surface area is 147 Å². The molecule has 25 heavy (non-hydrogen) atoms. The van der Waals surface area contributed by atoms with E-state index in [0.29, 0.717) is 24.9 Å². The van der Waals surface area contributed by atoms with E-state index in [1.165, 1.54) is 0 Å². The highest BCUT2D eigenvalue weighted by Crippen LogP contribution is 2.33. The normalized spacial score (nSPS) is 23.6. The lowest BCUT2D eigenvalue weighted by atomic mass is 9.82. The number of nitrogens with zero attached hydrogens (tertiary/aromatic N) is 1. The number of benzene rings is 1. The molecule has 1 saturated heterocycles. The monoisotopic (exact) mass is 337 g/mol. The predicted molar refractivity (Wildman–Crippen MR) is 97.5 cm³/mol. The summed E-state index contributed by atoms with van der Waals surface area (Å²) in [5, 5.41) is 6.50. The van der Waals surface area contributed by atoms with E-state index in [-0.39, 0.29) is 5.91 Å². The smallest absolute Gasteiger partial charge is 0.224 e. The summed E-state index contributed by atoms with van der Waals surface area (Å²) in [4.78, 5) is 16.7. The molecule has 2 aliphatic heterocycles. The average Bonchev–Trinajstić information content (AvgIpc) is 2.65. The van der Waals surface area contributed by atoms with Gasteiger partial charge in [-0.15, -0.1) is 0 Å². The standard InChI is InChI=1S/C20H23N3O2/c24-20-11-15-5-8-22-13-17(15)6-9-25-19-4-3-14(10-18(19)23-20)16-2-1-7-21-12-16/h1-4,7,10,12,15,17,22H,5-6,8-9,11,13H2,(H,23,24)/t15-,17-/m0/s1. The van der Waals surface area contributed by atoms with Crippen molar-refractivity contribution in [3.63, 3.8) is 0 Å². The number of carbonyl (C=O) groups excluding carboxylic acids is 1. The van der Waals surface area contributed by atoms with E-state index in [9.17, 15) is 4.79 Å². The van der Waals surface area contributed by atoms with Crippen LogP contribution < -0.4 is 15.4 Å². The molecule has 2 N–H and O–H groups in total. The predicted octanol–water partition coefficient (Wildman–Crippen LogP) is 3.09. The van der Waals surface area contributed by atoms with Gasteiger partial charge in [-0.05, 0) is 61.5 Å². The molecule has 2 aliphatic rings. The van der Waals surface area contributed by atoms with Crippen molar-refractivity contribution in [3.8, 4) is 16.9 Å². The molecular weight excluding hydrogens is 314 g/mol. The molecule has 1 fully saturated rings. The molecule has 5 heteroatoms. The Bertz CT molecular complexity index is 748. The maximum Gasteiger partial charge on any atom is 0.224 e. The van der Waals surface area contributed by atoms with E-state index >= 15 is 0 Å². The van der Waals surface area contributed by atoms with Crippen molar-refractivity contribution in [1.29, 1.82) is 0 Å². The maximum absolute atomic E-state index is 12.6. The molecule has 1 aromatic carbocycles. The number of hydrogen-bond donors (Lipinski definition) is 2. The van der Waals surface area contributed by atoms with Crippen molar-refractivity contribution in [1.82, 2.24) is 10.3 Å². The van der Waals surface area contributed by atoms with E-state index in [0.717, 1.165) is 48.5 Å². The highest BCUT2D eigenvalue weighted by Gasteiger charge is 2.28. The summed E-state index contributed by atoms with van der Waals surface area (Å²) >= 11 is 0. The molecular formula is C20H23N3O2. The molecule has 3 heterocycles. The maximum atomic E-state index is 12.6. The molecule has 0 unspecified atom stereocenters. The van der Waals surface area contributed by atoms with Crippen LogP contribution in [-0.2, 0) is 4.79 Å². The van der Waals surface area contributed by atoms with Crippen molar-refractivity contribution in [2.45, 2.75) is 19.3 Å². The Balaban J connectivity index is 1.61. The van der Waals surface area contributed by atoms with Crippen molar-refractivity contribution in [2.24, 2.45) is 11.8 Å². The summed E-state index contributed by atoms with van der Waals surface area (Å²) in [5.41, 5.74) is 2.79. The second-order valence-electron chi connectivity index (χ2n) is 6.86. The molecule has 2 aromatic rings. The number of fused-ring (bicyclic) bond motifs is 2. The van der Waals surface area contributed by atoms with E-state index < -0.39 is 0 Å². The molecule has 0 spiro atoms. The Morgan fingerprint density at radius 3 is 2.96 bits per heavy atom. The quantitative estimate of drug-likeness (QED) is 0.839. The first-order chi connectivity index (χ1) is 12.3. The van der Waals surface area contributed by atoms with Gasteiger partial charge in [0.15, 0.2) is 0 Å². The third kappa shape index (κ3) is 3.66. The lowest BCUT2D eigenvalue weighted by molar-refractivity contribution is -0.117. The first-order valence-corrected chi connectivity index (χ1v) is 8.97. The molecule has 0 aliphatic carbocycles. The third-order valence-electron chi connectivity index (χ3n) is 5.21. The van der Waals surface area contributed by atoms with Crippen molar-refractivity contribution in [3.05, 3.63) is 42.7 Å². The van der Waals surface area contributed by atoms with Gasteiger partial charge in [-0.2, -0.15) is 0 Å². The number of rotatable bonds is 1.